The predicted octanol–water partition coefficient (Wildman–Crippen LogP) is 2.35. The van der Waals surface area contributed by atoms with Crippen molar-refractivity contribution in [2.75, 3.05) is 51.9 Å². The summed E-state index contributed by atoms with van der Waals surface area (Å²) in [6, 6.07) is 5.28. The van der Waals surface area contributed by atoms with E-state index in [9.17, 15) is 9.59 Å². The van der Waals surface area contributed by atoms with Crippen molar-refractivity contribution in [2.45, 2.75) is 25.8 Å². The zero-order valence-electron chi connectivity index (χ0n) is 22.5. The molecule has 0 aliphatic carbocycles. The maximum atomic E-state index is 12.4. The van der Waals surface area contributed by atoms with Crippen molar-refractivity contribution in [3.05, 3.63) is 48.3 Å². The number of hydrogen-bond donors (Lipinski definition) is 4. The first-order valence-corrected chi connectivity index (χ1v) is 12.4. The molecule has 1 aromatic carbocycles. The smallest absolute Gasteiger partial charge is 0.246 e. The number of benzene rings is 1. The zero-order chi connectivity index (χ0) is 27.5. The molecule has 0 spiro atoms. The molecule has 0 saturated heterocycles. The molecule has 0 unspecified atom stereocenters. The Morgan fingerprint density at radius 1 is 1.21 bits per heavy atom. The van der Waals surface area contributed by atoms with Gasteiger partial charge in [0.05, 0.1) is 23.5 Å². The van der Waals surface area contributed by atoms with Gasteiger partial charge in [-0.05, 0) is 45.6 Å². The second kappa shape index (κ2) is 13.8. The highest BCUT2D eigenvalue weighted by molar-refractivity contribution is 5.92. The van der Waals surface area contributed by atoms with Gasteiger partial charge in [0, 0.05) is 50.8 Å². The number of carbonyl (C=O) groups is 2. The number of H-pyrrole nitrogens is 1. The summed E-state index contributed by atoms with van der Waals surface area (Å²) in [5.41, 5.74) is 2.45. The third-order valence-electron chi connectivity index (χ3n) is 5.76. The van der Waals surface area contributed by atoms with Crippen molar-refractivity contribution in [3.63, 3.8) is 0 Å². The number of rotatable bonds is 11. The van der Waals surface area contributed by atoms with E-state index in [1.165, 1.54) is 11.0 Å². The lowest BCUT2D eigenvalue weighted by molar-refractivity contribution is -0.135. The highest BCUT2D eigenvalue weighted by atomic mass is 16.2. The Balaban J connectivity index is 1.46. The Morgan fingerprint density at radius 2 is 2.03 bits per heavy atom. The number of aromatic nitrogens is 4. The number of nitrogens with zero attached hydrogens (tertiary/aromatic N) is 5. The quantitative estimate of drug-likeness (QED) is 0.173. The van der Waals surface area contributed by atoms with Crippen LogP contribution in [0, 0.1) is 11.8 Å². The Morgan fingerprint density at radius 3 is 2.79 bits per heavy atom. The average Bonchev–Trinajstić information content (AvgIpc) is 3.37. The molecule has 2 aromatic heterocycles. The first kappa shape index (κ1) is 28.1. The molecule has 3 aromatic rings. The number of carbonyl (C=O) groups excluding carboxylic acids is 2. The molecule has 2 amide bonds. The number of aromatic amines is 1. The fourth-order valence-electron chi connectivity index (χ4n) is 3.41. The lowest BCUT2D eigenvalue weighted by Gasteiger charge is -2.23. The van der Waals surface area contributed by atoms with Gasteiger partial charge >= 0.3 is 0 Å². The minimum absolute atomic E-state index is 0.199. The van der Waals surface area contributed by atoms with Gasteiger partial charge in [0.15, 0.2) is 0 Å². The van der Waals surface area contributed by atoms with E-state index >= 15 is 0 Å². The molecule has 4 N–H and O–H groups in total. The summed E-state index contributed by atoms with van der Waals surface area (Å²) < 4.78 is 0. The molecule has 11 heteroatoms. The predicted molar refractivity (Wildman–Crippen MR) is 150 cm³/mol. The Hall–Kier alpha value is -4.43. The number of unbranched alkanes of at least 4 members (excludes halogenated alkanes) is 1. The molecule has 2 heterocycles. The van der Waals surface area contributed by atoms with Gasteiger partial charge in [0.25, 0.3) is 0 Å². The van der Waals surface area contributed by atoms with Crippen LogP contribution in [0.3, 0.4) is 0 Å². The van der Waals surface area contributed by atoms with Gasteiger partial charge in [-0.15, -0.1) is 0 Å². The minimum Gasteiger partial charge on any atom is -0.372 e. The third-order valence-corrected chi connectivity index (χ3v) is 5.76. The molecule has 0 aliphatic rings. The van der Waals surface area contributed by atoms with E-state index in [0.29, 0.717) is 43.3 Å². The normalized spacial score (nSPS) is 11.7. The second-order valence-electron chi connectivity index (χ2n) is 8.99. The van der Waals surface area contributed by atoms with E-state index in [0.717, 1.165) is 16.6 Å². The third kappa shape index (κ3) is 8.04. The van der Waals surface area contributed by atoms with Crippen LogP contribution >= 0.6 is 0 Å². The van der Waals surface area contributed by atoms with Crippen molar-refractivity contribution < 1.29 is 9.59 Å². The van der Waals surface area contributed by atoms with Crippen molar-refractivity contribution in [1.29, 1.82) is 0 Å². The standard InChI is InChI=1S/C27H35N9O2/c1-19(36(5)24(37)11-9-15-35(3)4)26(38)29-14-8-6-7-10-21-17-30-27(33-25(21)28-2)32-22-13-12-20-18-31-34-23(20)16-22/h9,11-13,16-19H,6,8,14-15H2,1-5H3,(H,29,38)(H,31,34)(H2,28,30,32,33)/t19-/m0/s1. The summed E-state index contributed by atoms with van der Waals surface area (Å²) in [7, 11) is 7.25. The van der Waals surface area contributed by atoms with Crippen molar-refractivity contribution in [1.82, 2.24) is 35.3 Å². The van der Waals surface area contributed by atoms with Gasteiger partial charge in [-0.1, -0.05) is 17.9 Å². The van der Waals surface area contributed by atoms with Crippen LogP contribution in [-0.4, -0.2) is 89.1 Å². The van der Waals surface area contributed by atoms with E-state index in [2.05, 4.69) is 48.0 Å². The number of fused-ring (bicyclic) bond motifs is 1. The summed E-state index contributed by atoms with van der Waals surface area (Å²) in [6.07, 6.45) is 7.97. The first-order chi connectivity index (χ1) is 18.3. The van der Waals surface area contributed by atoms with Gasteiger partial charge in [0.1, 0.15) is 11.9 Å². The summed E-state index contributed by atoms with van der Waals surface area (Å²) in [6.45, 7) is 2.84. The topological polar surface area (TPSA) is 131 Å². The molecule has 0 saturated carbocycles. The molecular formula is C27H35N9O2. The largest absolute Gasteiger partial charge is 0.372 e. The summed E-state index contributed by atoms with van der Waals surface area (Å²) >= 11 is 0. The maximum absolute atomic E-state index is 12.4. The number of likely N-dealkylation sites (N-methyl/N-ethyl adjacent to an activating group) is 2. The number of anilines is 3. The highest BCUT2D eigenvalue weighted by Crippen LogP contribution is 2.20. The molecular weight excluding hydrogens is 482 g/mol. The Labute approximate surface area is 223 Å². The van der Waals surface area contributed by atoms with Crippen molar-refractivity contribution >= 4 is 40.2 Å². The fourth-order valence-corrected chi connectivity index (χ4v) is 3.41. The molecule has 0 radical (unpaired) electrons. The lowest BCUT2D eigenvalue weighted by Crippen LogP contribution is -2.45. The van der Waals surface area contributed by atoms with Crippen LogP contribution in [0.4, 0.5) is 17.5 Å². The van der Waals surface area contributed by atoms with Gasteiger partial charge in [-0.25, -0.2) is 4.98 Å². The van der Waals surface area contributed by atoms with E-state index in [1.54, 1.807) is 39.5 Å². The molecule has 1 atom stereocenters. The fraction of sp³-hybridized carbons (Fsp3) is 0.370. The summed E-state index contributed by atoms with van der Waals surface area (Å²) in [5.74, 6) is 6.87. The number of hydrogen-bond acceptors (Lipinski definition) is 8. The van der Waals surface area contributed by atoms with Crippen LogP contribution in [0.1, 0.15) is 25.3 Å². The highest BCUT2D eigenvalue weighted by Gasteiger charge is 2.20. The van der Waals surface area contributed by atoms with Crippen LogP contribution in [0.5, 0.6) is 0 Å². The Kier molecular flexibility index (Phi) is 10.2. The van der Waals surface area contributed by atoms with Crippen molar-refractivity contribution in [3.8, 4) is 11.8 Å². The van der Waals surface area contributed by atoms with E-state index in [1.807, 2.05) is 37.2 Å². The molecule has 0 bridgehead atoms. The van der Waals surface area contributed by atoms with Crippen LogP contribution in [0.25, 0.3) is 10.9 Å². The van der Waals surface area contributed by atoms with Gasteiger partial charge < -0.3 is 25.8 Å². The SMILES string of the molecule is CNc1nc(Nc2ccc3cn[nH]c3c2)ncc1C#CCCCNC(=O)[C@H](C)N(C)C(=O)C=CCN(C)C. The van der Waals surface area contributed by atoms with E-state index < -0.39 is 6.04 Å². The summed E-state index contributed by atoms with van der Waals surface area (Å²) in [5, 5.41) is 17.1. The van der Waals surface area contributed by atoms with Crippen LogP contribution in [-0.2, 0) is 9.59 Å². The Bertz CT molecular complexity index is 1340. The first-order valence-electron chi connectivity index (χ1n) is 12.4. The molecule has 200 valence electrons. The van der Waals surface area contributed by atoms with Crippen molar-refractivity contribution in [2.24, 2.45) is 0 Å². The van der Waals surface area contributed by atoms with Crippen LogP contribution < -0.4 is 16.0 Å². The molecule has 38 heavy (non-hydrogen) atoms. The van der Waals surface area contributed by atoms with E-state index in [-0.39, 0.29) is 11.8 Å². The molecule has 11 nitrogen and oxygen atoms in total. The zero-order valence-corrected chi connectivity index (χ0v) is 22.5. The van der Waals surface area contributed by atoms with Crippen LogP contribution in [0.2, 0.25) is 0 Å². The monoisotopic (exact) mass is 517 g/mol. The molecule has 0 aliphatic heterocycles. The van der Waals surface area contributed by atoms with E-state index in [4.69, 9.17) is 0 Å². The number of amides is 2. The molecule has 0 fully saturated rings. The van der Waals surface area contributed by atoms with Gasteiger partial charge in [0.2, 0.25) is 17.8 Å². The van der Waals surface area contributed by atoms with Gasteiger partial charge in [-0.2, -0.15) is 10.1 Å². The van der Waals surface area contributed by atoms with Crippen LogP contribution in [0.15, 0.2) is 42.7 Å². The lowest BCUT2D eigenvalue weighted by atomic mass is 10.2. The maximum Gasteiger partial charge on any atom is 0.246 e. The number of nitrogens with one attached hydrogen (secondary N) is 4. The van der Waals surface area contributed by atoms with Gasteiger partial charge in [-0.3, -0.25) is 14.7 Å². The second-order valence-corrected chi connectivity index (χ2v) is 8.99. The minimum atomic E-state index is -0.568. The summed E-state index contributed by atoms with van der Waals surface area (Å²) in [4.78, 5) is 36.9. The molecule has 3 rings (SSSR count). The average molecular weight is 518 g/mol.